The van der Waals surface area contributed by atoms with Crippen molar-refractivity contribution >= 4 is 17.9 Å². The minimum absolute atomic E-state index is 0.0950. The molecular weight excluding hydrogens is 464 g/mol. The van der Waals surface area contributed by atoms with Gasteiger partial charge < -0.3 is 35.0 Å². The Morgan fingerprint density at radius 1 is 0.943 bits per heavy atom. The van der Waals surface area contributed by atoms with Crippen LogP contribution in [0.25, 0.3) is 0 Å². The lowest BCUT2D eigenvalue weighted by atomic mass is 9.96. The molecule has 1 aromatic heterocycles. The number of nitrogens with zero attached hydrogens (tertiary/aromatic N) is 2. The first-order valence-electron chi connectivity index (χ1n) is 10.4. The Bertz CT molecular complexity index is 930. The molecule has 0 bridgehead atoms. The molecule has 5 N–H and O–H groups in total. The zero-order valence-corrected chi connectivity index (χ0v) is 19.5. The number of methoxy groups -OCH3 is 2. The Labute approximate surface area is 202 Å². The molecule has 0 amide bonds. The van der Waals surface area contributed by atoms with Crippen molar-refractivity contribution in [2.24, 2.45) is 0 Å². The van der Waals surface area contributed by atoms with Crippen molar-refractivity contribution in [2.75, 3.05) is 27.4 Å². The quantitative estimate of drug-likeness (QED) is 0.264. The maximum Gasteiger partial charge on any atom is 0.336 e. The highest BCUT2D eigenvalue weighted by atomic mass is 16.5. The number of aromatic nitrogens is 1. The summed E-state index contributed by atoms with van der Waals surface area (Å²) >= 11 is 0. The first-order valence-corrected chi connectivity index (χ1v) is 10.4. The molecule has 0 aliphatic rings. The van der Waals surface area contributed by atoms with Crippen molar-refractivity contribution in [1.82, 2.24) is 9.88 Å². The summed E-state index contributed by atoms with van der Waals surface area (Å²) in [6.07, 6.45) is 1.30. The van der Waals surface area contributed by atoms with Gasteiger partial charge in [-0.3, -0.25) is 19.5 Å². The summed E-state index contributed by atoms with van der Waals surface area (Å²) in [4.78, 5) is 36.8. The fraction of sp³-hybridized carbons (Fsp3) is 0.391. The molecule has 0 aliphatic heterocycles. The molecule has 0 atom stereocenters. The molecule has 0 radical (unpaired) electrons. The van der Waals surface area contributed by atoms with E-state index in [-0.39, 0.29) is 6.61 Å². The van der Waals surface area contributed by atoms with Crippen LogP contribution in [0, 0.1) is 0 Å². The second-order valence-corrected chi connectivity index (χ2v) is 7.41. The van der Waals surface area contributed by atoms with Gasteiger partial charge in [0, 0.05) is 32.0 Å². The molecule has 0 fully saturated rings. The number of carbonyl (C=O) groups is 3. The maximum atomic E-state index is 10.3. The number of rotatable bonds is 13. The molecule has 0 saturated heterocycles. The minimum Gasteiger partial charge on any atom is -0.496 e. The lowest BCUT2D eigenvalue weighted by Crippen LogP contribution is -2.42. The average Bonchev–Trinajstić information content (AvgIpc) is 2.79. The van der Waals surface area contributed by atoms with Gasteiger partial charge in [-0.1, -0.05) is 12.1 Å². The molecule has 35 heavy (non-hydrogen) atoms. The van der Waals surface area contributed by atoms with Gasteiger partial charge in [0.2, 0.25) is 0 Å². The van der Waals surface area contributed by atoms with Crippen LogP contribution in [0.2, 0.25) is 0 Å². The van der Waals surface area contributed by atoms with Gasteiger partial charge in [-0.15, -0.1) is 0 Å². The Morgan fingerprint density at radius 3 is 1.91 bits per heavy atom. The van der Waals surface area contributed by atoms with Gasteiger partial charge in [0.1, 0.15) is 11.5 Å². The van der Waals surface area contributed by atoms with Crippen LogP contribution < -0.4 is 9.47 Å². The molecular formula is C23H30N2O10. The van der Waals surface area contributed by atoms with Crippen LogP contribution >= 0.6 is 0 Å². The number of pyridine rings is 1. The fourth-order valence-electron chi connectivity index (χ4n) is 3.13. The van der Waals surface area contributed by atoms with Crippen LogP contribution in [-0.2, 0) is 27.5 Å². The maximum absolute atomic E-state index is 10.3. The predicted octanol–water partition coefficient (Wildman–Crippen LogP) is 0.845. The van der Waals surface area contributed by atoms with E-state index < -0.39 is 36.4 Å². The largest absolute Gasteiger partial charge is 0.496 e. The van der Waals surface area contributed by atoms with Crippen LogP contribution in [0.4, 0.5) is 0 Å². The summed E-state index contributed by atoms with van der Waals surface area (Å²) in [5, 5.41) is 43.1. The van der Waals surface area contributed by atoms with Gasteiger partial charge in [-0.25, -0.2) is 4.79 Å². The van der Waals surface area contributed by atoms with Crippen molar-refractivity contribution in [2.45, 2.75) is 31.5 Å². The van der Waals surface area contributed by atoms with Gasteiger partial charge >= 0.3 is 17.9 Å². The zero-order valence-electron chi connectivity index (χ0n) is 19.5. The highest BCUT2D eigenvalue weighted by molar-refractivity contribution is 5.88. The molecule has 0 spiro atoms. The van der Waals surface area contributed by atoms with E-state index in [2.05, 4.69) is 9.88 Å². The Kier molecular flexibility index (Phi) is 12.1. The minimum atomic E-state index is -2.74. The van der Waals surface area contributed by atoms with E-state index in [1.165, 1.54) is 0 Å². The van der Waals surface area contributed by atoms with E-state index in [1.807, 2.05) is 36.5 Å². The van der Waals surface area contributed by atoms with Gasteiger partial charge in [0.05, 0.1) is 39.2 Å². The molecule has 192 valence electrons. The van der Waals surface area contributed by atoms with Crippen molar-refractivity contribution in [1.29, 1.82) is 0 Å². The summed E-state index contributed by atoms with van der Waals surface area (Å²) in [5.41, 5.74) is -0.660. The SMILES string of the molecule is COc1cccc(OC)c1CN(CCO)Cc1cccnc1.O=C(O)CC(O)(CC(=O)O)C(=O)O. The van der Waals surface area contributed by atoms with Gasteiger partial charge in [0.25, 0.3) is 0 Å². The van der Waals surface area contributed by atoms with Gasteiger partial charge in [0.15, 0.2) is 5.60 Å². The molecule has 0 aliphatic carbocycles. The normalized spacial score (nSPS) is 10.8. The molecule has 2 aromatic rings. The van der Waals surface area contributed by atoms with Crippen LogP contribution in [0.3, 0.4) is 0 Å². The lowest BCUT2D eigenvalue weighted by Gasteiger charge is -2.23. The molecule has 0 saturated carbocycles. The molecule has 2 rings (SSSR count). The lowest BCUT2D eigenvalue weighted by molar-refractivity contribution is -0.170. The third-order valence-corrected chi connectivity index (χ3v) is 4.74. The number of ether oxygens (including phenoxy) is 2. The van der Waals surface area contributed by atoms with Crippen molar-refractivity contribution in [3.8, 4) is 11.5 Å². The molecule has 12 heteroatoms. The number of aliphatic carboxylic acids is 3. The number of benzene rings is 1. The number of aliphatic hydroxyl groups is 2. The monoisotopic (exact) mass is 494 g/mol. The van der Waals surface area contributed by atoms with Crippen molar-refractivity contribution in [3.05, 3.63) is 53.9 Å². The molecule has 1 aromatic carbocycles. The summed E-state index contributed by atoms with van der Waals surface area (Å²) in [6, 6.07) is 9.67. The molecule has 0 unspecified atom stereocenters. The standard InChI is InChI=1S/C17H22N2O3.C6H8O7/c1-21-16-6-3-7-17(22-2)15(16)13-19(9-10-20)12-14-5-4-8-18-11-14;7-3(8)1-6(13,5(11)12)2-4(9)10/h3-8,11,20H,9-10,12-13H2,1-2H3;13H,1-2H2,(H,7,8)(H,9,10)(H,11,12). The van der Waals surface area contributed by atoms with Crippen LogP contribution in [0.5, 0.6) is 11.5 Å². The number of carboxylic acid groups (broad SMARTS) is 3. The third kappa shape index (κ3) is 9.96. The van der Waals surface area contributed by atoms with E-state index in [4.69, 9.17) is 29.9 Å². The Morgan fingerprint density at radius 2 is 1.51 bits per heavy atom. The van der Waals surface area contributed by atoms with E-state index >= 15 is 0 Å². The number of carboxylic acids is 3. The zero-order chi connectivity index (χ0) is 26.4. The Hall–Kier alpha value is -3.74. The first-order chi connectivity index (χ1) is 16.6. The molecule has 12 nitrogen and oxygen atoms in total. The van der Waals surface area contributed by atoms with Crippen LogP contribution in [0.1, 0.15) is 24.0 Å². The average molecular weight is 494 g/mol. The van der Waals surface area contributed by atoms with Gasteiger partial charge in [-0.2, -0.15) is 0 Å². The van der Waals surface area contributed by atoms with Crippen molar-refractivity contribution < 1.29 is 49.4 Å². The third-order valence-electron chi connectivity index (χ3n) is 4.74. The van der Waals surface area contributed by atoms with Crippen molar-refractivity contribution in [3.63, 3.8) is 0 Å². The second kappa shape index (κ2) is 14.5. The highest BCUT2D eigenvalue weighted by Crippen LogP contribution is 2.29. The predicted molar refractivity (Wildman–Crippen MR) is 122 cm³/mol. The number of aliphatic hydroxyl groups excluding tert-OH is 1. The topological polar surface area (TPSA) is 187 Å². The first kappa shape index (κ1) is 29.3. The smallest absolute Gasteiger partial charge is 0.336 e. The summed E-state index contributed by atoms with van der Waals surface area (Å²) in [7, 11) is 3.30. The fourth-order valence-corrected chi connectivity index (χ4v) is 3.13. The van der Waals surface area contributed by atoms with E-state index in [0.717, 1.165) is 22.6 Å². The van der Waals surface area contributed by atoms with Gasteiger partial charge in [-0.05, 0) is 23.8 Å². The Balaban J connectivity index is 0.000000405. The van der Waals surface area contributed by atoms with E-state index in [1.54, 1.807) is 20.4 Å². The van der Waals surface area contributed by atoms with E-state index in [0.29, 0.717) is 19.6 Å². The second-order valence-electron chi connectivity index (χ2n) is 7.41. The number of hydrogen-bond acceptors (Lipinski definition) is 9. The summed E-state index contributed by atoms with van der Waals surface area (Å²) in [6.45, 7) is 1.99. The van der Waals surface area contributed by atoms with Crippen LogP contribution in [-0.4, -0.2) is 86.3 Å². The van der Waals surface area contributed by atoms with Crippen LogP contribution in [0.15, 0.2) is 42.7 Å². The highest BCUT2D eigenvalue weighted by Gasteiger charge is 2.40. The van der Waals surface area contributed by atoms with E-state index in [9.17, 15) is 19.5 Å². The summed E-state index contributed by atoms with van der Waals surface area (Å²) in [5.74, 6) is -3.45. The summed E-state index contributed by atoms with van der Waals surface area (Å²) < 4.78 is 10.9. The molecule has 1 heterocycles. The number of hydrogen-bond donors (Lipinski definition) is 5.